The van der Waals surface area contributed by atoms with Crippen LogP contribution in [0.15, 0.2) is 48.5 Å². The van der Waals surface area contributed by atoms with Crippen molar-refractivity contribution in [3.05, 3.63) is 54.1 Å². The molecule has 2 aromatic rings. The summed E-state index contributed by atoms with van der Waals surface area (Å²) in [6.07, 6.45) is -0.0290. The van der Waals surface area contributed by atoms with Crippen LogP contribution < -0.4 is 9.64 Å². The Morgan fingerprint density at radius 3 is 2.57 bits per heavy atom. The van der Waals surface area contributed by atoms with Crippen LogP contribution in [0.5, 0.6) is 11.5 Å². The lowest BCUT2D eigenvalue weighted by atomic mass is 10.2. The van der Waals surface area contributed by atoms with Crippen LogP contribution in [0.3, 0.4) is 0 Å². The smallest absolute Gasteiger partial charge is 0.235 e. The van der Waals surface area contributed by atoms with Gasteiger partial charge in [0.15, 0.2) is 11.5 Å². The molecule has 21 heavy (non-hydrogen) atoms. The van der Waals surface area contributed by atoms with Crippen molar-refractivity contribution < 1.29 is 14.3 Å². The molecule has 0 spiro atoms. The molecule has 0 N–H and O–H groups in total. The van der Waals surface area contributed by atoms with Gasteiger partial charge in [0.05, 0.1) is 18.7 Å². The molecule has 4 nitrogen and oxygen atoms in total. The van der Waals surface area contributed by atoms with Gasteiger partial charge in [0.25, 0.3) is 0 Å². The van der Waals surface area contributed by atoms with Gasteiger partial charge < -0.3 is 9.64 Å². The van der Waals surface area contributed by atoms with E-state index >= 15 is 0 Å². The molecular formula is C17H15NO3. The van der Waals surface area contributed by atoms with E-state index in [1.807, 2.05) is 43.3 Å². The molecule has 1 amide bonds. The van der Waals surface area contributed by atoms with Crippen molar-refractivity contribution in [1.82, 2.24) is 0 Å². The molecule has 106 valence electrons. The number of benzene rings is 2. The zero-order chi connectivity index (χ0) is 14.8. The van der Waals surface area contributed by atoms with Gasteiger partial charge >= 0.3 is 0 Å². The number of carbonyl (C=O) groups excluding carboxylic acids is 2. The monoisotopic (exact) mass is 281 g/mol. The first-order chi connectivity index (χ1) is 10.1. The van der Waals surface area contributed by atoms with Crippen molar-refractivity contribution >= 4 is 17.4 Å². The largest absolute Gasteiger partial charge is 0.455 e. The second-order valence-electron chi connectivity index (χ2n) is 5.08. The number of carbonyl (C=O) groups is 2. The first-order valence-corrected chi connectivity index (χ1v) is 6.79. The highest BCUT2D eigenvalue weighted by Crippen LogP contribution is 2.34. The molecule has 2 aromatic carbocycles. The lowest BCUT2D eigenvalue weighted by Gasteiger charge is -2.19. The first kappa shape index (κ1) is 13.4. The lowest BCUT2D eigenvalue weighted by Crippen LogP contribution is -2.24. The Hall–Kier alpha value is -2.62. The topological polar surface area (TPSA) is 46.6 Å². The van der Waals surface area contributed by atoms with Crippen molar-refractivity contribution in [3.8, 4) is 11.5 Å². The Morgan fingerprint density at radius 2 is 1.86 bits per heavy atom. The fourth-order valence-electron chi connectivity index (χ4n) is 2.38. The highest BCUT2D eigenvalue weighted by Gasteiger charge is 2.30. The van der Waals surface area contributed by atoms with Crippen LogP contribution in [0, 0.1) is 6.92 Å². The van der Waals surface area contributed by atoms with E-state index in [2.05, 4.69) is 0 Å². The Balaban J connectivity index is 1.93. The van der Waals surface area contributed by atoms with E-state index in [0.717, 1.165) is 5.56 Å². The average Bonchev–Trinajstić information content (AvgIpc) is 2.78. The van der Waals surface area contributed by atoms with Crippen LogP contribution in [0.4, 0.5) is 5.69 Å². The number of ether oxygens (including phenoxy) is 1. The van der Waals surface area contributed by atoms with Crippen LogP contribution in [0.2, 0.25) is 0 Å². The molecule has 4 heteroatoms. The molecular weight excluding hydrogens is 266 g/mol. The molecule has 3 rings (SSSR count). The summed E-state index contributed by atoms with van der Waals surface area (Å²) in [5.41, 5.74) is 1.73. The van der Waals surface area contributed by atoms with Gasteiger partial charge in [0.2, 0.25) is 5.91 Å². The second-order valence-corrected chi connectivity index (χ2v) is 5.08. The number of amides is 1. The third kappa shape index (κ3) is 2.79. The zero-order valence-corrected chi connectivity index (χ0v) is 11.7. The van der Waals surface area contributed by atoms with E-state index in [0.29, 0.717) is 17.2 Å². The second kappa shape index (κ2) is 5.40. The molecule has 1 aliphatic heterocycles. The summed E-state index contributed by atoms with van der Waals surface area (Å²) in [5, 5.41) is 0. The number of nitrogens with zero attached hydrogens (tertiary/aromatic N) is 1. The van der Waals surface area contributed by atoms with Crippen LogP contribution >= 0.6 is 0 Å². The van der Waals surface area contributed by atoms with Crippen LogP contribution in [0.1, 0.15) is 12.0 Å². The molecule has 0 radical (unpaired) electrons. The fraction of sp³-hybridized carbons (Fsp3) is 0.176. The number of ketones is 1. The third-order valence-electron chi connectivity index (χ3n) is 3.36. The summed E-state index contributed by atoms with van der Waals surface area (Å²) in [5.74, 6) is 1.04. The standard InChI is InChI=1S/C17H15NO3/c1-12-5-4-6-14(9-12)21-16-8-3-2-7-15(16)18-11-13(19)10-17(18)20/h2-9H,10-11H2,1H3. The summed E-state index contributed by atoms with van der Waals surface area (Å²) in [4.78, 5) is 24.8. The molecule has 1 heterocycles. The zero-order valence-electron chi connectivity index (χ0n) is 11.7. The van der Waals surface area contributed by atoms with Gasteiger partial charge in [-0.05, 0) is 36.8 Å². The minimum absolute atomic E-state index is 0.0290. The van der Waals surface area contributed by atoms with E-state index in [1.54, 1.807) is 12.1 Å². The van der Waals surface area contributed by atoms with Gasteiger partial charge in [-0.25, -0.2) is 0 Å². The maximum absolute atomic E-state index is 11.9. The minimum atomic E-state index is -0.180. The molecule has 0 saturated carbocycles. The fourth-order valence-corrected chi connectivity index (χ4v) is 2.38. The predicted molar refractivity (Wildman–Crippen MR) is 79.7 cm³/mol. The van der Waals surface area contributed by atoms with Gasteiger partial charge in [-0.1, -0.05) is 24.3 Å². The Kier molecular flexibility index (Phi) is 3.44. The average molecular weight is 281 g/mol. The maximum atomic E-state index is 11.9. The van der Waals surface area contributed by atoms with Gasteiger partial charge in [-0.2, -0.15) is 0 Å². The highest BCUT2D eigenvalue weighted by molar-refractivity contribution is 6.15. The van der Waals surface area contributed by atoms with E-state index in [1.165, 1.54) is 4.90 Å². The summed E-state index contributed by atoms with van der Waals surface area (Å²) in [6, 6.07) is 15.0. The number of Topliss-reactive ketones (excluding diaryl/α,β-unsaturated/α-hetero) is 1. The molecule has 1 fully saturated rings. The minimum Gasteiger partial charge on any atom is -0.455 e. The highest BCUT2D eigenvalue weighted by atomic mass is 16.5. The Labute approximate surface area is 123 Å². The summed E-state index contributed by atoms with van der Waals surface area (Å²) < 4.78 is 5.88. The number of para-hydroxylation sites is 2. The summed E-state index contributed by atoms with van der Waals surface area (Å²) >= 11 is 0. The lowest BCUT2D eigenvalue weighted by molar-refractivity contribution is -0.121. The van der Waals surface area contributed by atoms with E-state index < -0.39 is 0 Å². The summed E-state index contributed by atoms with van der Waals surface area (Å²) in [7, 11) is 0. The van der Waals surface area contributed by atoms with Crippen molar-refractivity contribution in [2.24, 2.45) is 0 Å². The first-order valence-electron chi connectivity index (χ1n) is 6.79. The number of rotatable bonds is 3. The molecule has 1 aliphatic rings. The molecule has 0 aliphatic carbocycles. The number of anilines is 1. The molecule has 0 unspecified atom stereocenters. The SMILES string of the molecule is Cc1cccc(Oc2ccccc2N2CC(=O)CC2=O)c1. The van der Waals surface area contributed by atoms with Crippen molar-refractivity contribution in [2.75, 3.05) is 11.4 Å². The van der Waals surface area contributed by atoms with Crippen molar-refractivity contribution in [3.63, 3.8) is 0 Å². The van der Waals surface area contributed by atoms with Crippen LogP contribution in [-0.2, 0) is 9.59 Å². The van der Waals surface area contributed by atoms with Crippen LogP contribution in [-0.4, -0.2) is 18.2 Å². The Morgan fingerprint density at radius 1 is 1.05 bits per heavy atom. The molecule has 0 atom stereocenters. The number of hydrogen-bond acceptors (Lipinski definition) is 3. The normalized spacial score (nSPS) is 14.6. The number of hydrogen-bond donors (Lipinski definition) is 0. The summed E-state index contributed by atoms with van der Waals surface area (Å²) in [6.45, 7) is 2.11. The molecule has 0 bridgehead atoms. The van der Waals surface area contributed by atoms with Crippen LogP contribution in [0.25, 0.3) is 0 Å². The van der Waals surface area contributed by atoms with Crippen molar-refractivity contribution in [1.29, 1.82) is 0 Å². The van der Waals surface area contributed by atoms with E-state index in [-0.39, 0.29) is 24.7 Å². The van der Waals surface area contributed by atoms with Gasteiger partial charge in [0.1, 0.15) is 5.75 Å². The number of aryl methyl sites for hydroxylation is 1. The Bertz CT molecular complexity index is 709. The van der Waals surface area contributed by atoms with Gasteiger partial charge in [0, 0.05) is 0 Å². The quantitative estimate of drug-likeness (QED) is 0.812. The van der Waals surface area contributed by atoms with E-state index in [4.69, 9.17) is 4.74 Å². The third-order valence-corrected chi connectivity index (χ3v) is 3.36. The molecule has 0 aromatic heterocycles. The predicted octanol–water partition coefficient (Wildman–Crippen LogP) is 3.09. The van der Waals surface area contributed by atoms with E-state index in [9.17, 15) is 9.59 Å². The van der Waals surface area contributed by atoms with Gasteiger partial charge in [-0.15, -0.1) is 0 Å². The maximum Gasteiger partial charge on any atom is 0.235 e. The van der Waals surface area contributed by atoms with Gasteiger partial charge in [-0.3, -0.25) is 9.59 Å². The van der Waals surface area contributed by atoms with Crippen molar-refractivity contribution in [2.45, 2.75) is 13.3 Å². The molecule has 1 saturated heterocycles.